The van der Waals surface area contributed by atoms with E-state index in [4.69, 9.17) is 4.74 Å². The molecule has 0 aliphatic rings. The van der Waals surface area contributed by atoms with Crippen LogP contribution in [0.5, 0.6) is 5.75 Å². The van der Waals surface area contributed by atoms with E-state index < -0.39 is 0 Å². The molecule has 0 heterocycles. The van der Waals surface area contributed by atoms with Crippen LogP contribution in [0.4, 0.5) is 4.79 Å². The van der Waals surface area contributed by atoms with Crippen molar-refractivity contribution in [1.82, 2.24) is 10.2 Å². The van der Waals surface area contributed by atoms with Gasteiger partial charge in [0.05, 0.1) is 19.8 Å². The quantitative estimate of drug-likeness (QED) is 0.775. The third-order valence-electron chi connectivity index (χ3n) is 3.99. The molecule has 0 unspecified atom stereocenters. The summed E-state index contributed by atoms with van der Waals surface area (Å²) in [5.41, 5.74) is 2.56. The molecule has 6 nitrogen and oxygen atoms in total. The number of urea groups is 1. The Morgan fingerprint density at radius 3 is 2.15 bits per heavy atom. The number of esters is 1. The lowest BCUT2D eigenvalue weighted by atomic mass is 10.1. The number of nitrogens with one attached hydrogen (secondary N) is 1. The molecule has 2 rings (SSSR count). The van der Waals surface area contributed by atoms with E-state index in [0.29, 0.717) is 18.7 Å². The van der Waals surface area contributed by atoms with Crippen LogP contribution in [0.25, 0.3) is 0 Å². The highest BCUT2D eigenvalue weighted by molar-refractivity contribution is 5.89. The fourth-order valence-electron chi connectivity index (χ4n) is 2.45. The van der Waals surface area contributed by atoms with Gasteiger partial charge in [0.15, 0.2) is 0 Å². The molecule has 0 atom stereocenters. The molecule has 26 heavy (non-hydrogen) atoms. The molecule has 0 aromatic heterocycles. The van der Waals surface area contributed by atoms with Gasteiger partial charge in [-0.25, -0.2) is 9.59 Å². The molecule has 0 aliphatic heterocycles. The Balaban J connectivity index is 1.78. The second kappa shape index (κ2) is 9.46. The van der Waals surface area contributed by atoms with Gasteiger partial charge in [0.25, 0.3) is 0 Å². The lowest BCUT2D eigenvalue weighted by Crippen LogP contribution is -2.37. The standard InChI is InChI=1S/C20H24N2O4/c1-22(14-16-4-8-17(9-5-16)19(23)26-3)20(24)21-13-12-15-6-10-18(25-2)11-7-15/h4-11H,12-14H2,1-3H3,(H,21,24). The summed E-state index contributed by atoms with van der Waals surface area (Å²) in [5.74, 6) is 0.442. The number of methoxy groups -OCH3 is 2. The molecule has 0 fully saturated rings. The van der Waals surface area contributed by atoms with Gasteiger partial charge >= 0.3 is 12.0 Å². The van der Waals surface area contributed by atoms with Gasteiger partial charge < -0.3 is 19.7 Å². The fourth-order valence-corrected chi connectivity index (χ4v) is 2.45. The van der Waals surface area contributed by atoms with Crippen LogP contribution in [0.1, 0.15) is 21.5 Å². The monoisotopic (exact) mass is 356 g/mol. The lowest BCUT2D eigenvalue weighted by Gasteiger charge is -2.18. The molecular formula is C20H24N2O4. The lowest BCUT2D eigenvalue weighted by molar-refractivity contribution is 0.0600. The van der Waals surface area contributed by atoms with Gasteiger partial charge in [-0.1, -0.05) is 24.3 Å². The number of rotatable bonds is 7. The number of benzene rings is 2. The summed E-state index contributed by atoms with van der Waals surface area (Å²) in [5, 5.41) is 2.90. The van der Waals surface area contributed by atoms with E-state index >= 15 is 0 Å². The second-order valence-corrected chi connectivity index (χ2v) is 5.87. The molecule has 0 saturated heterocycles. The van der Waals surface area contributed by atoms with Gasteiger partial charge in [-0.15, -0.1) is 0 Å². The van der Waals surface area contributed by atoms with Crippen molar-refractivity contribution in [2.24, 2.45) is 0 Å². The zero-order valence-corrected chi connectivity index (χ0v) is 15.3. The van der Waals surface area contributed by atoms with Crippen molar-refractivity contribution >= 4 is 12.0 Å². The smallest absolute Gasteiger partial charge is 0.337 e. The first kappa shape index (κ1) is 19.3. The van der Waals surface area contributed by atoms with Gasteiger partial charge in [-0.3, -0.25) is 0 Å². The van der Waals surface area contributed by atoms with Crippen LogP contribution in [0.2, 0.25) is 0 Å². The normalized spacial score (nSPS) is 10.1. The van der Waals surface area contributed by atoms with Gasteiger partial charge in [0.1, 0.15) is 5.75 Å². The van der Waals surface area contributed by atoms with Crippen molar-refractivity contribution in [2.75, 3.05) is 27.8 Å². The molecule has 6 heteroatoms. The van der Waals surface area contributed by atoms with E-state index in [0.717, 1.165) is 23.3 Å². The van der Waals surface area contributed by atoms with E-state index in [2.05, 4.69) is 10.1 Å². The third-order valence-corrected chi connectivity index (χ3v) is 3.99. The summed E-state index contributed by atoms with van der Waals surface area (Å²) in [6.07, 6.45) is 0.747. The number of nitrogens with zero attached hydrogens (tertiary/aromatic N) is 1. The molecule has 0 radical (unpaired) electrons. The van der Waals surface area contributed by atoms with Crippen molar-refractivity contribution in [3.05, 3.63) is 65.2 Å². The number of carbonyl (C=O) groups is 2. The molecule has 2 aromatic rings. The van der Waals surface area contributed by atoms with Gasteiger partial charge in [0, 0.05) is 20.1 Å². The molecule has 0 aliphatic carbocycles. The zero-order valence-electron chi connectivity index (χ0n) is 15.3. The highest BCUT2D eigenvalue weighted by Crippen LogP contribution is 2.11. The van der Waals surface area contributed by atoms with Crippen molar-refractivity contribution in [1.29, 1.82) is 0 Å². The molecule has 2 aromatic carbocycles. The second-order valence-electron chi connectivity index (χ2n) is 5.87. The van der Waals surface area contributed by atoms with Gasteiger partial charge in [-0.2, -0.15) is 0 Å². The first-order valence-electron chi connectivity index (χ1n) is 8.32. The van der Waals surface area contributed by atoms with Gasteiger partial charge in [0.2, 0.25) is 0 Å². The maximum absolute atomic E-state index is 12.2. The van der Waals surface area contributed by atoms with Crippen LogP contribution in [-0.2, 0) is 17.7 Å². The summed E-state index contributed by atoms with van der Waals surface area (Å²) < 4.78 is 9.79. The maximum atomic E-state index is 12.2. The highest BCUT2D eigenvalue weighted by Gasteiger charge is 2.10. The van der Waals surface area contributed by atoms with Gasteiger partial charge in [-0.05, 0) is 41.8 Å². The van der Waals surface area contributed by atoms with Crippen molar-refractivity contribution in [2.45, 2.75) is 13.0 Å². The molecule has 2 amide bonds. The minimum absolute atomic E-state index is 0.143. The van der Waals surface area contributed by atoms with Crippen molar-refractivity contribution in [3.63, 3.8) is 0 Å². The third kappa shape index (κ3) is 5.51. The van der Waals surface area contributed by atoms with E-state index in [9.17, 15) is 9.59 Å². The van der Waals surface area contributed by atoms with Crippen LogP contribution < -0.4 is 10.1 Å². The average Bonchev–Trinajstić information content (AvgIpc) is 2.68. The van der Waals surface area contributed by atoms with Crippen LogP contribution in [0.3, 0.4) is 0 Å². The Bertz CT molecular complexity index is 726. The van der Waals surface area contributed by atoms with Crippen LogP contribution in [0.15, 0.2) is 48.5 Å². The first-order chi connectivity index (χ1) is 12.5. The fraction of sp³-hybridized carbons (Fsp3) is 0.300. The van der Waals surface area contributed by atoms with Crippen LogP contribution in [-0.4, -0.2) is 44.7 Å². The molecular weight excluding hydrogens is 332 g/mol. The van der Waals surface area contributed by atoms with Crippen LogP contribution in [0, 0.1) is 0 Å². The predicted molar refractivity (Wildman–Crippen MR) is 99.3 cm³/mol. The number of ether oxygens (including phenoxy) is 2. The Morgan fingerprint density at radius 1 is 0.962 bits per heavy atom. The minimum Gasteiger partial charge on any atom is -0.497 e. The Kier molecular flexibility index (Phi) is 7.02. The number of amides is 2. The Labute approximate surface area is 153 Å². The molecule has 0 saturated carbocycles. The minimum atomic E-state index is -0.374. The summed E-state index contributed by atoms with van der Waals surface area (Å²) in [6, 6.07) is 14.6. The predicted octanol–water partition coefficient (Wildman–Crippen LogP) is 2.87. The van der Waals surface area contributed by atoms with E-state index in [1.807, 2.05) is 36.4 Å². The molecule has 1 N–H and O–H groups in total. The number of carbonyl (C=O) groups excluding carboxylic acids is 2. The molecule has 0 spiro atoms. The summed E-state index contributed by atoms with van der Waals surface area (Å²) in [7, 11) is 4.71. The maximum Gasteiger partial charge on any atom is 0.337 e. The number of hydrogen-bond donors (Lipinski definition) is 1. The molecule has 138 valence electrons. The largest absolute Gasteiger partial charge is 0.497 e. The van der Waals surface area contributed by atoms with Crippen molar-refractivity contribution < 1.29 is 19.1 Å². The van der Waals surface area contributed by atoms with E-state index in [-0.39, 0.29) is 12.0 Å². The number of hydrogen-bond acceptors (Lipinski definition) is 4. The first-order valence-corrected chi connectivity index (χ1v) is 8.32. The average molecular weight is 356 g/mol. The topological polar surface area (TPSA) is 67.9 Å². The summed E-state index contributed by atoms with van der Waals surface area (Å²) >= 11 is 0. The molecule has 0 bridgehead atoms. The summed E-state index contributed by atoms with van der Waals surface area (Å²) in [4.78, 5) is 25.2. The Hall–Kier alpha value is -3.02. The summed E-state index contributed by atoms with van der Waals surface area (Å²) in [6.45, 7) is 1.01. The van der Waals surface area contributed by atoms with Crippen molar-refractivity contribution in [3.8, 4) is 5.75 Å². The van der Waals surface area contributed by atoms with Crippen LogP contribution >= 0.6 is 0 Å². The Morgan fingerprint density at radius 2 is 1.58 bits per heavy atom. The highest BCUT2D eigenvalue weighted by atomic mass is 16.5. The SMILES string of the molecule is COC(=O)c1ccc(CN(C)C(=O)NCCc2ccc(OC)cc2)cc1. The van der Waals surface area contributed by atoms with E-state index in [1.165, 1.54) is 7.11 Å². The van der Waals surface area contributed by atoms with E-state index in [1.54, 1.807) is 31.2 Å². The zero-order chi connectivity index (χ0) is 18.9.